The van der Waals surface area contributed by atoms with Crippen LogP contribution in [0, 0.1) is 0 Å². The topological polar surface area (TPSA) is 167 Å². The molecule has 1 saturated heterocycles. The molecule has 5 atom stereocenters. The Morgan fingerprint density at radius 2 is 1.46 bits per heavy atom. The van der Waals surface area contributed by atoms with Gasteiger partial charge in [-0.3, -0.25) is 24.0 Å². The first kappa shape index (κ1) is 31.2. The van der Waals surface area contributed by atoms with E-state index in [2.05, 4.69) is 0 Å². The molecule has 0 radical (unpaired) electrons. The maximum absolute atomic E-state index is 12.8. The number of esters is 5. The first-order chi connectivity index (χ1) is 18.5. The molecule has 1 aromatic carbocycles. The van der Waals surface area contributed by atoms with Crippen LogP contribution in [0.2, 0.25) is 0 Å². The fraction of sp³-hybridized carbons (Fsp3) is 0.538. The number of ether oxygens (including phenoxy) is 7. The smallest absolute Gasteiger partial charge is 0.341 e. The average molecular weight is 553 g/mol. The van der Waals surface area contributed by atoms with Gasteiger partial charge in [0, 0.05) is 33.3 Å². The molecular weight excluding hydrogens is 520 g/mol. The zero-order chi connectivity index (χ0) is 29.1. The minimum absolute atomic E-state index is 0.108. The Morgan fingerprint density at radius 1 is 0.846 bits per heavy atom. The van der Waals surface area contributed by atoms with Gasteiger partial charge < -0.3 is 33.2 Å². The number of hydrogen-bond donors (Lipinski definition) is 0. The first-order valence-electron chi connectivity index (χ1n) is 12.2. The minimum atomic E-state index is -1.56. The second-order valence-electron chi connectivity index (χ2n) is 8.55. The van der Waals surface area contributed by atoms with Gasteiger partial charge in [-0.05, 0) is 24.6 Å². The van der Waals surface area contributed by atoms with E-state index in [-0.39, 0.29) is 23.5 Å². The van der Waals surface area contributed by atoms with Crippen LogP contribution in [0.15, 0.2) is 18.2 Å². The average Bonchev–Trinajstić information content (AvgIpc) is 2.85. The normalized spacial score (nSPS) is 22.1. The van der Waals surface area contributed by atoms with Crippen molar-refractivity contribution >= 4 is 36.1 Å². The van der Waals surface area contributed by atoms with Crippen LogP contribution >= 0.6 is 0 Å². The van der Waals surface area contributed by atoms with Gasteiger partial charge in [0.1, 0.15) is 30.3 Å². The van der Waals surface area contributed by atoms with Crippen LogP contribution in [-0.2, 0) is 47.6 Å². The Labute approximate surface area is 224 Å². The van der Waals surface area contributed by atoms with Crippen molar-refractivity contribution in [1.29, 1.82) is 0 Å². The van der Waals surface area contributed by atoms with E-state index >= 15 is 0 Å². The van der Waals surface area contributed by atoms with E-state index in [0.29, 0.717) is 12.7 Å². The Hall–Kier alpha value is -4.00. The SMILES string of the molecule is CCCCOC(=O)c1cc(C=O)ccc1OC1O[C@H](COC(C)=O)[C@H](OC(C)=O)[C@H](OC(C)=O)[C@H]1OC(C)=O. The number of carbonyl (C=O) groups is 6. The number of aldehydes is 1. The molecule has 1 fully saturated rings. The second-order valence-corrected chi connectivity index (χ2v) is 8.55. The molecule has 214 valence electrons. The molecule has 0 spiro atoms. The predicted molar refractivity (Wildman–Crippen MR) is 130 cm³/mol. The van der Waals surface area contributed by atoms with Gasteiger partial charge in [-0.2, -0.15) is 0 Å². The van der Waals surface area contributed by atoms with Gasteiger partial charge in [0.2, 0.25) is 12.4 Å². The number of benzene rings is 1. The van der Waals surface area contributed by atoms with E-state index in [1.807, 2.05) is 6.92 Å². The van der Waals surface area contributed by atoms with Crippen molar-refractivity contribution in [3.05, 3.63) is 29.3 Å². The van der Waals surface area contributed by atoms with E-state index in [4.69, 9.17) is 33.2 Å². The molecule has 0 aliphatic carbocycles. The number of unbranched alkanes of at least 4 members (excludes halogenated alkanes) is 1. The summed E-state index contributed by atoms with van der Waals surface area (Å²) in [4.78, 5) is 71.5. The lowest BCUT2D eigenvalue weighted by Crippen LogP contribution is -2.63. The Morgan fingerprint density at radius 3 is 2.03 bits per heavy atom. The molecule has 0 N–H and O–H groups in total. The zero-order valence-electron chi connectivity index (χ0n) is 22.3. The molecule has 13 nitrogen and oxygen atoms in total. The van der Waals surface area contributed by atoms with Gasteiger partial charge in [-0.1, -0.05) is 13.3 Å². The molecule has 2 rings (SSSR count). The predicted octanol–water partition coefficient (Wildman–Crippen LogP) is 1.92. The molecule has 1 aliphatic heterocycles. The highest BCUT2D eigenvalue weighted by Gasteiger charge is 2.53. The van der Waals surface area contributed by atoms with Crippen LogP contribution in [0.25, 0.3) is 0 Å². The van der Waals surface area contributed by atoms with Crippen molar-refractivity contribution in [3.8, 4) is 5.75 Å². The number of rotatable bonds is 12. The largest absolute Gasteiger partial charge is 0.463 e. The van der Waals surface area contributed by atoms with Crippen molar-refractivity contribution in [2.75, 3.05) is 13.2 Å². The molecule has 1 unspecified atom stereocenters. The van der Waals surface area contributed by atoms with Crippen LogP contribution < -0.4 is 4.74 Å². The minimum Gasteiger partial charge on any atom is -0.463 e. The Bertz CT molecular complexity index is 1070. The summed E-state index contributed by atoms with van der Waals surface area (Å²) < 4.78 is 38.2. The number of carbonyl (C=O) groups excluding carboxylic acids is 6. The monoisotopic (exact) mass is 552 g/mol. The third kappa shape index (κ3) is 9.36. The third-order valence-electron chi connectivity index (χ3n) is 5.28. The summed E-state index contributed by atoms with van der Waals surface area (Å²) in [5.74, 6) is -3.97. The third-order valence-corrected chi connectivity index (χ3v) is 5.28. The summed E-state index contributed by atoms with van der Waals surface area (Å²) in [6.45, 7) is 6.01. The maximum atomic E-state index is 12.8. The molecule has 0 saturated carbocycles. The van der Waals surface area contributed by atoms with Crippen LogP contribution in [0.5, 0.6) is 5.75 Å². The first-order valence-corrected chi connectivity index (χ1v) is 12.2. The quantitative estimate of drug-likeness (QED) is 0.160. The van der Waals surface area contributed by atoms with Crippen molar-refractivity contribution < 1.29 is 61.9 Å². The second kappa shape index (κ2) is 14.8. The molecule has 1 heterocycles. The van der Waals surface area contributed by atoms with Crippen molar-refractivity contribution in [1.82, 2.24) is 0 Å². The molecule has 0 bridgehead atoms. The standard InChI is InChI=1S/C26H32O13/c1-6-7-10-33-25(32)19-11-18(12-27)8-9-20(19)38-26-24(37-17(5)31)23(36-16(4)30)22(35-15(3)29)21(39-26)13-34-14(2)28/h8-9,11-12,21-24,26H,6-7,10,13H2,1-5H3/t21-,22+,23+,24-,26?/m1/s1. The highest BCUT2D eigenvalue weighted by molar-refractivity contribution is 5.94. The molecule has 39 heavy (non-hydrogen) atoms. The summed E-state index contributed by atoms with van der Waals surface area (Å²) in [6, 6.07) is 3.94. The highest BCUT2D eigenvalue weighted by Crippen LogP contribution is 2.32. The van der Waals surface area contributed by atoms with E-state index < -0.39 is 67.2 Å². The lowest BCUT2D eigenvalue weighted by molar-refractivity contribution is -0.288. The van der Waals surface area contributed by atoms with Gasteiger partial charge in [0.05, 0.1) is 6.61 Å². The van der Waals surface area contributed by atoms with Gasteiger partial charge in [0.15, 0.2) is 12.2 Å². The zero-order valence-corrected chi connectivity index (χ0v) is 22.3. The molecule has 0 amide bonds. The summed E-state index contributed by atoms with van der Waals surface area (Å²) in [5, 5.41) is 0. The summed E-state index contributed by atoms with van der Waals surface area (Å²) >= 11 is 0. The van der Waals surface area contributed by atoms with Crippen LogP contribution in [0.3, 0.4) is 0 Å². The van der Waals surface area contributed by atoms with Gasteiger partial charge >= 0.3 is 29.8 Å². The summed E-state index contributed by atoms with van der Waals surface area (Å²) in [6.07, 6.45) is -5.22. The lowest BCUT2D eigenvalue weighted by atomic mass is 9.98. The molecule has 1 aromatic rings. The van der Waals surface area contributed by atoms with Gasteiger partial charge in [-0.25, -0.2) is 4.79 Å². The van der Waals surface area contributed by atoms with Gasteiger partial charge in [0.25, 0.3) is 0 Å². The molecule has 1 aliphatic rings. The molecule has 13 heteroatoms. The Balaban J connectivity index is 2.55. The maximum Gasteiger partial charge on any atom is 0.341 e. The highest BCUT2D eigenvalue weighted by atomic mass is 16.7. The summed E-state index contributed by atoms with van der Waals surface area (Å²) in [5.41, 5.74) is 0.0369. The van der Waals surface area contributed by atoms with Crippen LogP contribution in [-0.4, -0.2) is 80.1 Å². The summed E-state index contributed by atoms with van der Waals surface area (Å²) in [7, 11) is 0. The van der Waals surface area contributed by atoms with E-state index in [1.54, 1.807) is 0 Å². The fourth-order valence-corrected chi connectivity index (χ4v) is 3.68. The van der Waals surface area contributed by atoms with Crippen LogP contribution in [0.1, 0.15) is 68.2 Å². The van der Waals surface area contributed by atoms with Crippen molar-refractivity contribution in [3.63, 3.8) is 0 Å². The van der Waals surface area contributed by atoms with E-state index in [0.717, 1.165) is 34.1 Å². The Kier molecular flexibility index (Phi) is 11.9. The lowest BCUT2D eigenvalue weighted by Gasteiger charge is -2.44. The van der Waals surface area contributed by atoms with Gasteiger partial charge in [-0.15, -0.1) is 0 Å². The van der Waals surface area contributed by atoms with E-state index in [1.165, 1.54) is 18.2 Å². The van der Waals surface area contributed by atoms with E-state index in [9.17, 15) is 28.8 Å². The molecular formula is C26H32O13. The van der Waals surface area contributed by atoms with Crippen molar-refractivity contribution in [2.45, 2.75) is 78.2 Å². The number of hydrogen-bond acceptors (Lipinski definition) is 13. The fourth-order valence-electron chi connectivity index (χ4n) is 3.68. The van der Waals surface area contributed by atoms with Crippen molar-refractivity contribution in [2.24, 2.45) is 0 Å². The van der Waals surface area contributed by atoms with Crippen LogP contribution in [0.4, 0.5) is 0 Å². The molecule has 0 aromatic heterocycles.